The first-order valence-electron chi connectivity index (χ1n) is 5.44. The minimum atomic E-state index is -3.71. The molecule has 3 nitrogen and oxygen atoms in total. The highest BCUT2D eigenvalue weighted by Gasteiger charge is 2.15. The molecule has 0 aromatic heterocycles. The number of rotatable bonds is 4. The van der Waals surface area contributed by atoms with Crippen LogP contribution in [-0.2, 0) is 9.05 Å². The monoisotopic (exact) mass is 286 g/mol. The van der Waals surface area contributed by atoms with E-state index in [1.807, 2.05) is 0 Å². The zero-order valence-electron chi connectivity index (χ0n) is 10.6. The van der Waals surface area contributed by atoms with Crippen molar-refractivity contribution in [3.05, 3.63) is 23.3 Å². The summed E-state index contributed by atoms with van der Waals surface area (Å²) in [5.74, 6) is 6.34. The number of hydrogen-bond acceptors (Lipinski definition) is 3. The second-order valence-corrected chi connectivity index (χ2v) is 6.38. The van der Waals surface area contributed by atoms with Crippen LogP contribution in [0.25, 0.3) is 0 Å². The molecule has 0 radical (unpaired) electrons. The Morgan fingerprint density at radius 1 is 1.28 bits per heavy atom. The molecule has 0 amide bonds. The Labute approximate surface area is 113 Å². The van der Waals surface area contributed by atoms with Crippen LogP contribution in [0.3, 0.4) is 0 Å². The maximum Gasteiger partial charge on any atom is 0.261 e. The van der Waals surface area contributed by atoms with E-state index in [0.29, 0.717) is 24.3 Å². The topological polar surface area (TPSA) is 43.4 Å². The summed E-state index contributed by atoms with van der Waals surface area (Å²) in [6.45, 7) is 5.73. The molecule has 0 aliphatic heterocycles. The lowest BCUT2D eigenvalue weighted by Gasteiger charge is -2.11. The zero-order valence-corrected chi connectivity index (χ0v) is 12.2. The van der Waals surface area contributed by atoms with E-state index in [2.05, 4.69) is 11.8 Å². The summed E-state index contributed by atoms with van der Waals surface area (Å²) in [5.41, 5.74) is 1.32. The summed E-state index contributed by atoms with van der Waals surface area (Å²) in [7, 11) is 1.64. The number of aryl methyl sites for hydroxylation is 2. The maximum absolute atomic E-state index is 11.3. The average Bonchev–Trinajstić information content (AvgIpc) is 2.27. The summed E-state index contributed by atoms with van der Waals surface area (Å²) in [5, 5.41) is 0. The van der Waals surface area contributed by atoms with Gasteiger partial charge in [0.15, 0.2) is 0 Å². The van der Waals surface area contributed by atoms with E-state index >= 15 is 0 Å². The van der Waals surface area contributed by atoms with Crippen molar-refractivity contribution in [1.82, 2.24) is 0 Å². The van der Waals surface area contributed by atoms with Gasteiger partial charge in [0.05, 0.1) is 11.5 Å². The molecule has 0 bridgehead atoms. The molecule has 5 heteroatoms. The van der Waals surface area contributed by atoms with Crippen LogP contribution in [0.5, 0.6) is 5.75 Å². The Bertz CT molecular complexity index is 595. The summed E-state index contributed by atoms with van der Waals surface area (Å²) in [6.07, 6.45) is 0.643. The highest BCUT2D eigenvalue weighted by atomic mass is 35.7. The van der Waals surface area contributed by atoms with Crippen molar-refractivity contribution >= 4 is 19.7 Å². The van der Waals surface area contributed by atoms with Crippen LogP contribution in [0.4, 0.5) is 0 Å². The third kappa shape index (κ3) is 3.94. The molecule has 0 fully saturated rings. The highest BCUT2D eigenvalue weighted by Crippen LogP contribution is 2.27. The molecule has 0 atom stereocenters. The minimum Gasteiger partial charge on any atom is -0.492 e. The van der Waals surface area contributed by atoms with Gasteiger partial charge in [0.2, 0.25) is 0 Å². The molecule has 0 aliphatic rings. The fourth-order valence-corrected chi connectivity index (χ4v) is 2.78. The molecule has 0 heterocycles. The van der Waals surface area contributed by atoms with E-state index in [1.54, 1.807) is 26.8 Å². The van der Waals surface area contributed by atoms with Crippen molar-refractivity contribution in [2.75, 3.05) is 6.61 Å². The van der Waals surface area contributed by atoms with Gasteiger partial charge in [0.1, 0.15) is 5.75 Å². The molecule has 1 aromatic carbocycles. The standard InChI is InChI=1S/C13H15ClO3S/c1-4-5-6-7-17-12-8-11(3)13(9-10(12)2)18(14,15)16/h8-9H,6-7H2,1-3H3. The van der Waals surface area contributed by atoms with Crippen molar-refractivity contribution in [2.24, 2.45) is 0 Å². The van der Waals surface area contributed by atoms with Gasteiger partial charge >= 0.3 is 0 Å². The van der Waals surface area contributed by atoms with Crippen molar-refractivity contribution in [3.63, 3.8) is 0 Å². The molecule has 1 aromatic rings. The van der Waals surface area contributed by atoms with Crippen molar-refractivity contribution in [3.8, 4) is 17.6 Å². The van der Waals surface area contributed by atoms with Gasteiger partial charge in [0.25, 0.3) is 9.05 Å². The largest absolute Gasteiger partial charge is 0.492 e. The van der Waals surface area contributed by atoms with Crippen LogP contribution in [-0.4, -0.2) is 15.0 Å². The Kier molecular flexibility index (Phi) is 5.06. The lowest BCUT2D eigenvalue weighted by atomic mass is 10.1. The van der Waals surface area contributed by atoms with Crippen molar-refractivity contribution < 1.29 is 13.2 Å². The Morgan fingerprint density at radius 3 is 2.50 bits per heavy atom. The summed E-state index contributed by atoms with van der Waals surface area (Å²) >= 11 is 0. The first-order valence-corrected chi connectivity index (χ1v) is 7.75. The quantitative estimate of drug-likeness (QED) is 0.485. The zero-order chi connectivity index (χ0) is 13.8. The van der Waals surface area contributed by atoms with E-state index in [-0.39, 0.29) is 4.90 Å². The third-order valence-electron chi connectivity index (χ3n) is 2.40. The van der Waals surface area contributed by atoms with Crippen molar-refractivity contribution in [1.29, 1.82) is 0 Å². The van der Waals surface area contributed by atoms with E-state index in [4.69, 9.17) is 15.4 Å². The van der Waals surface area contributed by atoms with Crippen LogP contribution in [0.2, 0.25) is 0 Å². The molecular formula is C13H15ClO3S. The van der Waals surface area contributed by atoms with Crippen LogP contribution in [0, 0.1) is 25.7 Å². The second kappa shape index (κ2) is 6.12. The first-order chi connectivity index (χ1) is 8.36. The molecule has 1 rings (SSSR count). The minimum absolute atomic E-state index is 0.127. The first kappa shape index (κ1) is 14.9. The third-order valence-corrected chi connectivity index (χ3v) is 3.86. The number of benzene rings is 1. The van der Waals surface area contributed by atoms with E-state index in [0.717, 1.165) is 5.56 Å². The molecule has 0 spiro atoms. The van der Waals surface area contributed by atoms with Gasteiger partial charge in [-0.05, 0) is 44.0 Å². The fourth-order valence-electron chi connectivity index (χ4n) is 1.52. The Balaban J connectivity index is 2.96. The summed E-state index contributed by atoms with van der Waals surface area (Å²) in [6, 6.07) is 3.21. The summed E-state index contributed by atoms with van der Waals surface area (Å²) in [4.78, 5) is 0.127. The number of hydrogen-bond donors (Lipinski definition) is 0. The Morgan fingerprint density at radius 2 is 1.94 bits per heavy atom. The fraction of sp³-hybridized carbons (Fsp3) is 0.385. The molecule has 0 saturated heterocycles. The number of halogens is 1. The highest BCUT2D eigenvalue weighted by molar-refractivity contribution is 8.13. The lowest BCUT2D eigenvalue weighted by Crippen LogP contribution is -2.01. The molecular weight excluding hydrogens is 272 g/mol. The van der Waals surface area contributed by atoms with Crippen LogP contribution >= 0.6 is 10.7 Å². The lowest BCUT2D eigenvalue weighted by molar-refractivity contribution is 0.324. The second-order valence-electron chi connectivity index (χ2n) is 3.85. The van der Waals surface area contributed by atoms with Gasteiger partial charge in [-0.3, -0.25) is 0 Å². The van der Waals surface area contributed by atoms with E-state index in [1.165, 1.54) is 6.07 Å². The van der Waals surface area contributed by atoms with Gasteiger partial charge in [-0.1, -0.05) is 0 Å². The predicted octanol–water partition coefficient (Wildman–Crippen LogP) is 3.02. The average molecular weight is 287 g/mol. The van der Waals surface area contributed by atoms with Crippen LogP contribution in [0.1, 0.15) is 24.5 Å². The molecule has 0 unspecified atom stereocenters. The maximum atomic E-state index is 11.3. The Hall–Kier alpha value is -1.18. The van der Waals surface area contributed by atoms with Gasteiger partial charge in [0, 0.05) is 17.1 Å². The number of ether oxygens (including phenoxy) is 1. The molecule has 0 N–H and O–H groups in total. The van der Waals surface area contributed by atoms with Crippen molar-refractivity contribution in [2.45, 2.75) is 32.1 Å². The van der Waals surface area contributed by atoms with Gasteiger partial charge in [-0.2, -0.15) is 0 Å². The molecule has 18 heavy (non-hydrogen) atoms. The van der Waals surface area contributed by atoms with Crippen LogP contribution in [0.15, 0.2) is 17.0 Å². The normalized spacial score (nSPS) is 10.7. The van der Waals surface area contributed by atoms with E-state index in [9.17, 15) is 8.42 Å². The molecule has 0 saturated carbocycles. The van der Waals surface area contributed by atoms with Crippen LogP contribution < -0.4 is 4.74 Å². The SMILES string of the molecule is CC#CCCOc1cc(C)c(S(=O)(=O)Cl)cc1C. The van der Waals surface area contributed by atoms with Gasteiger partial charge in [-0.25, -0.2) is 8.42 Å². The van der Waals surface area contributed by atoms with Gasteiger partial charge < -0.3 is 4.74 Å². The van der Waals surface area contributed by atoms with E-state index < -0.39 is 9.05 Å². The molecule has 0 aliphatic carbocycles. The molecule has 98 valence electrons. The summed E-state index contributed by atoms with van der Waals surface area (Å²) < 4.78 is 28.2. The smallest absolute Gasteiger partial charge is 0.261 e. The predicted molar refractivity (Wildman–Crippen MR) is 72.5 cm³/mol. The van der Waals surface area contributed by atoms with Gasteiger partial charge in [-0.15, -0.1) is 11.8 Å².